The number of non-ortho nitro benzene ring substituents is 1. The molecular weight excluding hydrogens is 258 g/mol. The van der Waals surface area contributed by atoms with Crippen molar-refractivity contribution in [3.05, 3.63) is 34.4 Å². The van der Waals surface area contributed by atoms with E-state index in [4.69, 9.17) is 0 Å². The van der Waals surface area contributed by atoms with Crippen LogP contribution in [-0.2, 0) is 4.79 Å². The molecule has 0 bridgehead atoms. The summed E-state index contributed by atoms with van der Waals surface area (Å²) in [4.78, 5) is 24.1. The van der Waals surface area contributed by atoms with Crippen LogP contribution in [0.25, 0.3) is 0 Å². The van der Waals surface area contributed by atoms with Crippen molar-refractivity contribution in [3.63, 3.8) is 0 Å². The van der Waals surface area contributed by atoms with Gasteiger partial charge in [-0.05, 0) is 25.3 Å². The first-order valence-electron chi connectivity index (χ1n) is 6.93. The smallest absolute Gasteiger partial charge is 0.271 e. The highest BCUT2D eigenvalue weighted by Crippen LogP contribution is 2.17. The lowest BCUT2D eigenvalue weighted by Crippen LogP contribution is -2.36. The quantitative estimate of drug-likeness (QED) is 0.662. The van der Waals surface area contributed by atoms with Gasteiger partial charge < -0.3 is 10.2 Å². The second kappa shape index (κ2) is 6.88. The third kappa shape index (κ3) is 3.94. The van der Waals surface area contributed by atoms with Gasteiger partial charge in [0, 0.05) is 43.9 Å². The average Bonchev–Trinajstić information content (AvgIpc) is 2.48. The lowest BCUT2D eigenvalue weighted by Gasteiger charge is -2.26. The molecule has 108 valence electrons. The number of carbonyl (C=O) groups is 1. The molecule has 1 fully saturated rings. The Hall–Kier alpha value is -2.11. The molecule has 1 amide bonds. The van der Waals surface area contributed by atoms with Crippen molar-refractivity contribution in [1.82, 2.24) is 4.90 Å². The van der Waals surface area contributed by atoms with Crippen LogP contribution in [0.15, 0.2) is 24.3 Å². The van der Waals surface area contributed by atoms with E-state index >= 15 is 0 Å². The number of nitro groups is 1. The van der Waals surface area contributed by atoms with Crippen LogP contribution in [0, 0.1) is 10.1 Å². The van der Waals surface area contributed by atoms with E-state index in [2.05, 4.69) is 5.32 Å². The second-order valence-electron chi connectivity index (χ2n) is 4.93. The maximum atomic E-state index is 11.9. The summed E-state index contributed by atoms with van der Waals surface area (Å²) < 4.78 is 0. The number of benzene rings is 1. The van der Waals surface area contributed by atoms with Gasteiger partial charge in [0.25, 0.3) is 5.69 Å². The maximum absolute atomic E-state index is 11.9. The number of piperidine rings is 1. The molecule has 1 aromatic carbocycles. The molecule has 0 radical (unpaired) electrons. The van der Waals surface area contributed by atoms with E-state index < -0.39 is 4.92 Å². The number of nitro benzene ring substituents is 1. The zero-order valence-corrected chi connectivity index (χ0v) is 11.4. The van der Waals surface area contributed by atoms with Crippen LogP contribution in [-0.4, -0.2) is 35.4 Å². The van der Waals surface area contributed by atoms with Crippen molar-refractivity contribution in [2.45, 2.75) is 25.7 Å². The van der Waals surface area contributed by atoms with Gasteiger partial charge in [0.1, 0.15) is 0 Å². The summed E-state index contributed by atoms with van der Waals surface area (Å²) in [5, 5.41) is 13.7. The Morgan fingerprint density at radius 1 is 1.30 bits per heavy atom. The van der Waals surface area contributed by atoms with Crippen LogP contribution in [0.2, 0.25) is 0 Å². The number of nitrogens with one attached hydrogen (secondary N) is 1. The van der Waals surface area contributed by atoms with Gasteiger partial charge in [0.15, 0.2) is 0 Å². The van der Waals surface area contributed by atoms with Crippen LogP contribution in [0.4, 0.5) is 11.4 Å². The molecule has 0 unspecified atom stereocenters. The number of amides is 1. The van der Waals surface area contributed by atoms with Crippen molar-refractivity contribution in [1.29, 1.82) is 0 Å². The molecule has 1 heterocycles. The number of nitrogens with zero attached hydrogens (tertiary/aromatic N) is 2. The number of hydrogen-bond acceptors (Lipinski definition) is 4. The van der Waals surface area contributed by atoms with Gasteiger partial charge in [0.2, 0.25) is 5.91 Å². The number of rotatable bonds is 5. The van der Waals surface area contributed by atoms with Gasteiger partial charge in [-0.1, -0.05) is 6.07 Å². The third-order valence-electron chi connectivity index (χ3n) is 3.43. The molecule has 1 aliphatic heterocycles. The van der Waals surface area contributed by atoms with E-state index in [0.29, 0.717) is 18.7 Å². The van der Waals surface area contributed by atoms with E-state index in [1.165, 1.54) is 18.6 Å². The Balaban J connectivity index is 1.79. The molecule has 0 spiro atoms. The molecule has 6 heteroatoms. The standard InChI is InChI=1S/C14H19N3O3/c18-14(16-9-2-1-3-10-16)7-8-15-12-5-4-6-13(11-12)17(19)20/h4-6,11,15H,1-3,7-10H2. The highest BCUT2D eigenvalue weighted by molar-refractivity contribution is 5.76. The van der Waals surface area contributed by atoms with Crippen molar-refractivity contribution in [3.8, 4) is 0 Å². The fourth-order valence-corrected chi connectivity index (χ4v) is 2.34. The Morgan fingerprint density at radius 2 is 2.05 bits per heavy atom. The summed E-state index contributed by atoms with van der Waals surface area (Å²) in [6.07, 6.45) is 3.80. The molecule has 20 heavy (non-hydrogen) atoms. The fraction of sp³-hybridized carbons (Fsp3) is 0.500. The fourth-order valence-electron chi connectivity index (χ4n) is 2.34. The van der Waals surface area contributed by atoms with E-state index in [9.17, 15) is 14.9 Å². The summed E-state index contributed by atoms with van der Waals surface area (Å²) in [7, 11) is 0. The molecule has 1 saturated heterocycles. The van der Waals surface area contributed by atoms with Crippen molar-refractivity contribution in [2.75, 3.05) is 25.0 Å². The zero-order valence-electron chi connectivity index (χ0n) is 11.4. The maximum Gasteiger partial charge on any atom is 0.271 e. The van der Waals surface area contributed by atoms with Crippen molar-refractivity contribution >= 4 is 17.3 Å². The number of hydrogen-bond donors (Lipinski definition) is 1. The van der Waals surface area contributed by atoms with Gasteiger partial charge in [-0.15, -0.1) is 0 Å². The minimum atomic E-state index is -0.427. The molecule has 1 aromatic rings. The summed E-state index contributed by atoms with van der Waals surface area (Å²) in [5.41, 5.74) is 0.725. The molecule has 2 rings (SSSR count). The molecule has 0 aromatic heterocycles. The van der Waals surface area contributed by atoms with Crippen LogP contribution in [0.1, 0.15) is 25.7 Å². The second-order valence-corrected chi connectivity index (χ2v) is 4.93. The van der Waals surface area contributed by atoms with Crippen LogP contribution in [0.5, 0.6) is 0 Å². The minimum absolute atomic E-state index is 0.0531. The number of likely N-dealkylation sites (tertiary alicyclic amines) is 1. The summed E-state index contributed by atoms with van der Waals surface area (Å²) in [6, 6.07) is 6.32. The first-order valence-corrected chi connectivity index (χ1v) is 6.93. The van der Waals surface area contributed by atoms with E-state index in [-0.39, 0.29) is 11.6 Å². The highest BCUT2D eigenvalue weighted by atomic mass is 16.6. The van der Waals surface area contributed by atoms with Crippen molar-refractivity contribution in [2.24, 2.45) is 0 Å². The first kappa shape index (κ1) is 14.3. The molecule has 0 saturated carbocycles. The normalized spacial score (nSPS) is 14.9. The third-order valence-corrected chi connectivity index (χ3v) is 3.43. The van der Waals surface area contributed by atoms with Gasteiger partial charge >= 0.3 is 0 Å². The van der Waals surface area contributed by atoms with Gasteiger partial charge in [-0.25, -0.2) is 0 Å². The Bertz CT molecular complexity index is 484. The summed E-state index contributed by atoms with van der Waals surface area (Å²) >= 11 is 0. The Kier molecular flexibility index (Phi) is 4.92. The van der Waals surface area contributed by atoms with E-state index in [1.54, 1.807) is 12.1 Å². The van der Waals surface area contributed by atoms with Gasteiger partial charge in [0.05, 0.1) is 4.92 Å². The van der Waals surface area contributed by atoms with Gasteiger partial charge in [-0.3, -0.25) is 14.9 Å². The number of carbonyl (C=O) groups excluding carboxylic acids is 1. The molecule has 1 N–H and O–H groups in total. The Labute approximate surface area is 117 Å². The largest absolute Gasteiger partial charge is 0.384 e. The monoisotopic (exact) mass is 277 g/mol. The number of anilines is 1. The predicted octanol–water partition coefficient (Wildman–Crippen LogP) is 2.41. The van der Waals surface area contributed by atoms with Crippen LogP contribution in [0.3, 0.4) is 0 Å². The zero-order chi connectivity index (χ0) is 14.4. The minimum Gasteiger partial charge on any atom is -0.384 e. The highest BCUT2D eigenvalue weighted by Gasteiger charge is 2.15. The lowest BCUT2D eigenvalue weighted by atomic mass is 10.1. The SMILES string of the molecule is O=C(CCNc1cccc([N+](=O)[O-])c1)N1CCCCC1. The lowest BCUT2D eigenvalue weighted by molar-refractivity contribution is -0.384. The molecule has 0 atom stereocenters. The topological polar surface area (TPSA) is 75.5 Å². The predicted molar refractivity (Wildman–Crippen MR) is 76.6 cm³/mol. The first-order chi connectivity index (χ1) is 9.66. The molecular formula is C14H19N3O3. The van der Waals surface area contributed by atoms with Gasteiger partial charge in [-0.2, -0.15) is 0 Å². The molecule has 6 nitrogen and oxygen atoms in total. The van der Waals surface area contributed by atoms with E-state index in [0.717, 1.165) is 25.9 Å². The van der Waals surface area contributed by atoms with Crippen LogP contribution >= 0.6 is 0 Å². The molecule has 0 aliphatic carbocycles. The molecule has 1 aliphatic rings. The van der Waals surface area contributed by atoms with E-state index in [1.807, 2.05) is 4.90 Å². The van der Waals surface area contributed by atoms with Crippen LogP contribution < -0.4 is 5.32 Å². The Morgan fingerprint density at radius 3 is 2.75 bits per heavy atom. The van der Waals surface area contributed by atoms with Crippen molar-refractivity contribution < 1.29 is 9.72 Å². The summed E-state index contributed by atoms with van der Waals surface area (Å²) in [6.45, 7) is 2.21. The average molecular weight is 277 g/mol. The summed E-state index contributed by atoms with van der Waals surface area (Å²) in [5.74, 6) is 0.155.